The van der Waals surface area contributed by atoms with Crippen molar-refractivity contribution < 1.29 is 14.3 Å². The summed E-state index contributed by atoms with van der Waals surface area (Å²) in [6.07, 6.45) is 0.486. The van der Waals surface area contributed by atoms with E-state index in [1.54, 1.807) is 12.0 Å². The number of rotatable bonds is 7. The molecule has 0 fully saturated rings. The molecule has 2 aromatic rings. The maximum Gasteiger partial charge on any atom is 0.255 e. The molecule has 25 heavy (non-hydrogen) atoms. The minimum Gasteiger partial charge on any atom is -0.383 e. The second kappa shape index (κ2) is 7.94. The lowest BCUT2D eigenvalue weighted by atomic mass is 10.0. The van der Waals surface area contributed by atoms with Crippen LogP contribution in [0.5, 0.6) is 0 Å². The zero-order valence-corrected chi connectivity index (χ0v) is 14.3. The number of methoxy groups -OCH3 is 1. The number of hydrogen-bond acceptors (Lipinski definition) is 3. The molecule has 1 heterocycles. The lowest BCUT2D eigenvalue weighted by Crippen LogP contribution is -2.49. The van der Waals surface area contributed by atoms with Crippen molar-refractivity contribution in [2.45, 2.75) is 19.0 Å². The third kappa shape index (κ3) is 3.88. The van der Waals surface area contributed by atoms with Gasteiger partial charge in [0.2, 0.25) is 5.91 Å². The van der Waals surface area contributed by atoms with Crippen LogP contribution in [0.3, 0.4) is 0 Å². The zero-order chi connectivity index (χ0) is 17.6. The van der Waals surface area contributed by atoms with E-state index in [1.165, 1.54) is 0 Å². The Morgan fingerprint density at radius 3 is 2.60 bits per heavy atom. The van der Waals surface area contributed by atoms with E-state index >= 15 is 0 Å². The van der Waals surface area contributed by atoms with Crippen molar-refractivity contribution in [1.29, 1.82) is 0 Å². The molecule has 130 valence electrons. The quantitative estimate of drug-likeness (QED) is 0.786. The summed E-state index contributed by atoms with van der Waals surface area (Å²) in [6, 6.07) is 16.8. The number of ether oxygens (including phenoxy) is 1. The second-order valence-electron chi connectivity index (χ2n) is 6.08. The molecule has 1 atom stereocenters. The van der Waals surface area contributed by atoms with Crippen LogP contribution in [0.2, 0.25) is 0 Å². The smallest absolute Gasteiger partial charge is 0.255 e. The summed E-state index contributed by atoms with van der Waals surface area (Å²) < 4.78 is 4.99. The van der Waals surface area contributed by atoms with Gasteiger partial charge in [0.25, 0.3) is 5.91 Å². The van der Waals surface area contributed by atoms with Gasteiger partial charge in [0.15, 0.2) is 0 Å². The van der Waals surface area contributed by atoms with Gasteiger partial charge in [0.05, 0.1) is 6.61 Å². The van der Waals surface area contributed by atoms with Crippen LogP contribution in [0, 0.1) is 0 Å². The first kappa shape index (κ1) is 17.2. The largest absolute Gasteiger partial charge is 0.383 e. The molecule has 0 aliphatic carbocycles. The topological polar surface area (TPSA) is 58.6 Å². The van der Waals surface area contributed by atoms with Crippen molar-refractivity contribution in [3.8, 4) is 0 Å². The number of carbonyl (C=O) groups excluding carboxylic acids is 2. The van der Waals surface area contributed by atoms with Gasteiger partial charge in [-0.25, -0.2) is 0 Å². The van der Waals surface area contributed by atoms with Crippen molar-refractivity contribution in [2.24, 2.45) is 0 Å². The molecule has 1 aliphatic rings. The van der Waals surface area contributed by atoms with Gasteiger partial charge in [-0.1, -0.05) is 48.5 Å². The molecule has 0 radical (unpaired) electrons. The van der Waals surface area contributed by atoms with Crippen molar-refractivity contribution in [3.63, 3.8) is 0 Å². The molecule has 0 aromatic heterocycles. The zero-order valence-electron chi connectivity index (χ0n) is 14.3. The molecule has 0 spiro atoms. The average molecular weight is 338 g/mol. The van der Waals surface area contributed by atoms with E-state index in [4.69, 9.17) is 4.74 Å². The van der Waals surface area contributed by atoms with E-state index in [2.05, 4.69) is 5.32 Å². The average Bonchev–Trinajstić information content (AvgIpc) is 2.97. The highest BCUT2D eigenvalue weighted by Gasteiger charge is 2.36. The molecular weight excluding hydrogens is 316 g/mol. The first-order valence-electron chi connectivity index (χ1n) is 8.40. The van der Waals surface area contributed by atoms with Crippen LogP contribution < -0.4 is 5.32 Å². The highest BCUT2D eigenvalue weighted by molar-refractivity contribution is 6.01. The molecule has 0 bridgehead atoms. The fourth-order valence-corrected chi connectivity index (χ4v) is 3.10. The SMILES string of the molecule is COCCNC(=O)[C@H](Cc1ccccc1)N1Cc2ccccc2C1=O. The maximum absolute atomic E-state index is 12.8. The van der Waals surface area contributed by atoms with Crippen LogP contribution in [0.15, 0.2) is 54.6 Å². The van der Waals surface area contributed by atoms with Gasteiger partial charge >= 0.3 is 0 Å². The van der Waals surface area contributed by atoms with Gasteiger partial charge in [0, 0.05) is 32.2 Å². The van der Waals surface area contributed by atoms with Crippen molar-refractivity contribution in [1.82, 2.24) is 10.2 Å². The highest BCUT2D eigenvalue weighted by atomic mass is 16.5. The summed E-state index contributed by atoms with van der Waals surface area (Å²) in [4.78, 5) is 27.2. The lowest BCUT2D eigenvalue weighted by Gasteiger charge is -2.27. The molecule has 2 amide bonds. The van der Waals surface area contributed by atoms with Crippen molar-refractivity contribution in [3.05, 3.63) is 71.3 Å². The fraction of sp³-hybridized carbons (Fsp3) is 0.300. The molecule has 5 nitrogen and oxygen atoms in total. The van der Waals surface area contributed by atoms with Crippen LogP contribution in [-0.4, -0.2) is 43.0 Å². The maximum atomic E-state index is 12.8. The molecule has 1 aliphatic heterocycles. The highest BCUT2D eigenvalue weighted by Crippen LogP contribution is 2.25. The summed E-state index contributed by atoms with van der Waals surface area (Å²) in [7, 11) is 1.59. The van der Waals surface area contributed by atoms with E-state index in [0.717, 1.165) is 11.1 Å². The molecule has 2 aromatic carbocycles. The van der Waals surface area contributed by atoms with Gasteiger partial charge < -0.3 is 15.0 Å². The summed E-state index contributed by atoms with van der Waals surface area (Å²) in [5.41, 5.74) is 2.68. The van der Waals surface area contributed by atoms with Crippen LogP contribution in [0.4, 0.5) is 0 Å². The minimum atomic E-state index is -0.542. The minimum absolute atomic E-state index is 0.0848. The molecule has 1 N–H and O–H groups in total. The monoisotopic (exact) mass is 338 g/mol. The second-order valence-corrected chi connectivity index (χ2v) is 6.08. The first-order valence-corrected chi connectivity index (χ1v) is 8.40. The summed E-state index contributed by atoms with van der Waals surface area (Å²) in [5, 5.41) is 2.87. The van der Waals surface area contributed by atoms with E-state index in [1.807, 2.05) is 54.6 Å². The third-order valence-corrected chi connectivity index (χ3v) is 4.41. The lowest BCUT2D eigenvalue weighted by molar-refractivity contribution is -0.125. The number of nitrogens with zero attached hydrogens (tertiary/aromatic N) is 1. The van der Waals surface area contributed by atoms with Gasteiger partial charge in [-0.05, 0) is 17.2 Å². The Kier molecular flexibility index (Phi) is 5.46. The fourth-order valence-electron chi connectivity index (χ4n) is 3.10. The Morgan fingerprint density at radius 1 is 1.16 bits per heavy atom. The standard InChI is InChI=1S/C20H22N2O3/c1-25-12-11-21-19(23)18(13-15-7-3-2-4-8-15)22-14-16-9-5-6-10-17(16)20(22)24/h2-10,18H,11-14H2,1H3,(H,21,23)/t18-/m0/s1. The number of benzene rings is 2. The molecule has 0 saturated carbocycles. The van der Waals surface area contributed by atoms with Gasteiger partial charge in [-0.3, -0.25) is 9.59 Å². The predicted octanol–water partition coefficient (Wildman–Crippen LogP) is 2.02. The Hall–Kier alpha value is -2.66. The molecular formula is C20H22N2O3. The first-order chi connectivity index (χ1) is 12.2. The molecule has 0 unspecified atom stereocenters. The van der Waals surface area contributed by atoms with Crippen LogP contribution in [0.1, 0.15) is 21.5 Å². The van der Waals surface area contributed by atoms with Crippen LogP contribution >= 0.6 is 0 Å². The van der Waals surface area contributed by atoms with Crippen LogP contribution in [0.25, 0.3) is 0 Å². The number of amides is 2. The number of fused-ring (bicyclic) bond motifs is 1. The van der Waals surface area contributed by atoms with E-state index in [9.17, 15) is 9.59 Å². The molecule has 0 saturated heterocycles. The van der Waals surface area contributed by atoms with Gasteiger partial charge in [0.1, 0.15) is 6.04 Å². The van der Waals surface area contributed by atoms with Gasteiger partial charge in [-0.15, -0.1) is 0 Å². The van der Waals surface area contributed by atoms with Crippen molar-refractivity contribution in [2.75, 3.05) is 20.3 Å². The number of hydrogen-bond donors (Lipinski definition) is 1. The summed E-state index contributed by atoms with van der Waals surface area (Å²) in [5.74, 6) is -0.236. The predicted molar refractivity (Wildman–Crippen MR) is 95.1 cm³/mol. The Morgan fingerprint density at radius 2 is 1.88 bits per heavy atom. The number of nitrogens with one attached hydrogen (secondary N) is 1. The van der Waals surface area contributed by atoms with E-state index < -0.39 is 6.04 Å². The Balaban J connectivity index is 1.81. The third-order valence-electron chi connectivity index (χ3n) is 4.41. The Labute approximate surface area is 147 Å². The van der Waals surface area contributed by atoms with Crippen LogP contribution in [-0.2, 0) is 22.5 Å². The number of carbonyl (C=O) groups is 2. The van der Waals surface area contributed by atoms with Crippen molar-refractivity contribution >= 4 is 11.8 Å². The normalized spacial score (nSPS) is 14.3. The molecule has 3 rings (SSSR count). The van der Waals surface area contributed by atoms with E-state index in [0.29, 0.717) is 31.7 Å². The molecule has 5 heteroatoms. The van der Waals surface area contributed by atoms with E-state index in [-0.39, 0.29) is 11.8 Å². The van der Waals surface area contributed by atoms with Gasteiger partial charge in [-0.2, -0.15) is 0 Å². The summed E-state index contributed by atoms with van der Waals surface area (Å²) in [6.45, 7) is 1.33. The Bertz CT molecular complexity index is 746. The summed E-state index contributed by atoms with van der Waals surface area (Å²) >= 11 is 0.